The van der Waals surface area contributed by atoms with Gasteiger partial charge in [-0.2, -0.15) is 0 Å². The predicted octanol–water partition coefficient (Wildman–Crippen LogP) is 0.986. The highest BCUT2D eigenvalue weighted by molar-refractivity contribution is 9.10. The Labute approximate surface area is 126 Å². The van der Waals surface area contributed by atoms with Crippen LogP contribution in [0, 0.1) is 5.92 Å². The first-order valence-corrected chi connectivity index (χ1v) is 7.41. The fourth-order valence-corrected chi connectivity index (χ4v) is 2.65. The topological polar surface area (TPSA) is 75.4 Å². The number of halogens is 1. The standard InChI is InChI=1S/C14H18BrN3O2/c15-12-3-1-2-11(6-12)14(20)17-8-13(19)18-5-4-10(7-16)9-18/h1-3,6,10H,4-5,7-9,16H2,(H,17,20). The van der Waals surface area contributed by atoms with Crippen molar-refractivity contribution in [2.24, 2.45) is 11.7 Å². The summed E-state index contributed by atoms with van der Waals surface area (Å²) in [5, 5.41) is 2.65. The van der Waals surface area contributed by atoms with E-state index in [1.165, 1.54) is 0 Å². The summed E-state index contributed by atoms with van der Waals surface area (Å²) < 4.78 is 0.835. The first-order valence-electron chi connectivity index (χ1n) is 6.61. The van der Waals surface area contributed by atoms with Crippen molar-refractivity contribution in [1.82, 2.24) is 10.2 Å². The minimum atomic E-state index is -0.241. The van der Waals surface area contributed by atoms with Crippen LogP contribution in [0.3, 0.4) is 0 Å². The molecule has 1 aliphatic heterocycles. The van der Waals surface area contributed by atoms with E-state index in [-0.39, 0.29) is 18.4 Å². The highest BCUT2D eigenvalue weighted by atomic mass is 79.9. The molecule has 6 heteroatoms. The van der Waals surface area contributed by atoms with Crippen LogP contribution >= 0.6 is 15.9 Å². The number of benzene rings is 1. The van der Waals surface area contributed by atoms with Crippen molar-refractivity contribution in [3.8, 4) is 0 Å². The Morgan fingerprint density at radius 2 is 2.25 bits per heavy atom. The molecular formula is C14H18BrN3O2. The van der Waals surface area contributed by atoms with Crippen molar-refractivity contribution >= 4 is 27.7 Å². The molecule has 2 amide bonds. The molecule has 3 N–H and O–H groups in total. The molecule has 1 atom stereocenters. The van der Waals surface area contributed by atoms with E-state index >= 15 is 0 Å². The molecular weight excluding hydrogens is 322 g/mol. The van der Waals surface area contributed by atoms with Gasteiger partial charge >= 0.3 is 0 Å². The first-order chi connectivity index (χ1) is 9.60. The van der Waals surface area contributed by atoms with Crippen LogP contribution in [0.25, 0.3) is 0 Å². The maximum atomic E-state index is 12.0. The average molecular weight is 340 g/mol. The number of hydrogen-bond donors (Lipinski definition) is 2. The zero-order chi connectivity index (χ0) is 14.5. The van der Waals surface area contributed by atoms with E-state index in [9.17, 15) is 9.59 Å². The third-order valence-corrected chi connectivity index (χ3v) is 3.95. The minimum absolute atomic E-state index is 0.0304. The third kappa shape index (κ3) is 3.80. The Morgan fingerprint density at radius 3 is 2.90 bits per heavy atom. The van der Waals surface area contributed by atoms with Crippen molar-refractivity contribution < 1.29 is 9.59 Å². The average Bonchev–Trinajstić information content (AvgIpc) is 2.93. The monoisotopic (exact) mass is 339 g/mol. The number of nitrogens with zero attached hydrogens (tertiary/aromatic N) is 1. The second-order valence-electron chi connectivity index (χ2n) is 4.92. The van der Waals surface area contributed by atoms with E-state index in [4.69, 9.17) is 5.73 Å². The van der Waals surface area contributed by atoms with Gasteiger partial charge in [-0.1, -0.05) is 22.0 Å². The Hall–Kier alpha value is -1.40. The maximum absolute atomic E-state index is 12.0. The quantitative estimate of drug-likeness (QED) is 0.858. The number of carbonyl (C=O) groups is 2. The molecule has 1 unspecified atom stereocenters. The van der Waals surface area contributed by atoms with Gasteiger partial charge in [0.1, 0.15) is 0 Å². The summed E-state index contributed by atoms with van der Waals surface area (Å²) in [6, 6.07) is 7.07. The second-order valence-corrected chi connectivity index (χ2v) is 5.84. The molecule has 1 saturated heterocycles. The zero-order valence-electron chi connectivity index (χ0n) is 11.1. The highest BCUT2D eigenvalue weighted by Gasteiger charge is 2.25. The largest absolute Gasteiger partial charge is 0.343 e. The summed E-state index contributed by atoms with van der Waals surface area (Å²) in [6.07, 6.45) is 0.946. The number of nitrogens with one attached hydrogen (secondary N) is 1. The van der Waals surface area contributed by atoms with Crippen LogP contribution in [0.4, 0.5) is 0 Å². The summed E-state index contributed by atoms with van der Waals surface area (Å²) in [6.45, 7) is 2.06. The molecule has 1 aromatic carbocycles. The lowest BCUT2D eigenvalue weighted by Crippen LogP contribution is -2.39. The van der Waals surface area contributed by atoms with Gasteiger partial charge in [0.05, 0.1) is 6.54 Å². The molecule has 0 aliphatic carbocycles. The summed E-state index contributed by atoms with van der Waals surface area (Å²) in [5.74, 6) is 0.0956. The molecule has 0 saturated carbocycles. The van der Waals surface area contributed by atoms with Crippen LogP contribution in [0.2, 0.25) is 0 Å². The van der Waals surface area contributed by atoms with Gasteiger partial charge in [-0.05, 0) is 37.1 Å². The van der Waals surface area contributed by atoms with E-state index in [0.29, 0.717) is 24.6 Å². The normalized spacial score (nSPS) is 18.1. The fraction of sp³-hybridized carbons (Fsp3) is 0.429. The molecule has 1 aromatic rings. The predicted molar refractivity (Wildman–Crippen MR) is 80.2 cm³/mol. The fourth-order valence-electron chi connectivity index (χ4n) is 2.25. The first kappa shape index (κ1) is 15.0. The summed E-state index contributed by atoms with van der Waals surface area (Å²) in [4.78, 5) is 25.6. The molecule has 0 spiro atoms. The third-order valence-electron chi connectivity index (χ3n) is 3.46. The lowest BCUT2D eigenvalue weighted by Gasteiger charge is -2.16. The second kappa shape index (κ2) is 6.85. The highest BCUT2D eigenvalue weighted by Crippen LogP contribution is 2.14. The number of likely N-dealkylation sites (tertiary alicyclic amines) is 1. The minimum Gasteiger partial charge on any atom is -0.343 e. The Morgan fingerprint density at radius 1 is 1.45 bits per heavy atom. The molecule has 1 heterocycles. The number of carbonyl (C=O) groups excluding carboxylic acids is 2. The van der Waals surface area contributed by atoms with E-state index in [1.54, 1.807) is 23.1 Å². The van der Waals surface area contributed by atoms with Gasteiger partial charge < -0.3 is 16.0 Å². The molecule has 0 aromatic heterocycles. The van der Waals surface area contributed by atoms with Crippen LogP contribution in [0.5, 0.6) is 0 Å². The van der Waals surface area contributed by atoms with Crippen molar-refractivity contribution in [3.05, 3.63) is 34.3 Å². The molecule has 0 radical (unpaired) electrons. The van der Waals surface area contributed by atoms with Gasteiger partial charge in [0.25, 0.3) is 5.91 Å². The Bertz CT molecular complexity index is 507. The van der Waals surface area contributed by atoms with Gasteiger partial charge in [0.2, 0.25) is 5.91 Å². The van der Waals surface area contributed by atoms with Gasteiger partial charge in [0.15, 0.2) is 0 Å². The number of hydrogen-bond acceptors (Lipinski definition) is 3. The van der Waals surface area contributed by atoms with Crippen molar-refractivity contribution in [2.45, 2.75) is 6.42 Å². The number of nitrogens with two attached hydrogens (primary N) is 1. The zero-order valence-corrected chi connectivity index (χ0v) is 12.7. The smallest absolute Gasteiger partial charge is 0.251 e. The van der Waals surface area contributed by atoms with E-state index in [1.807, 2.05) is 6.07 Å². The van der Waals surface area contributed by atoms with Crippen LogP contribution in [0.15, 0.2) is 28.7 Å². The summed E-state index contributed by atoms with van der Waals surface area (Å²) in [7, 11) is 0. The Kier molecular flexibility index (Phi) is 5.14. The maximum Gasteiger partial charge on any atom is 0.251 e. The molecule has 20 heavy (non-hydrogen) atoms. The molecule has 108 valence electrons. The molecule has 1 aliphatic rings. The SMILES string of the molecule is NCC1CCN(C(=O)CNC(=O)c2cccc(Br)c2)C1. The number of amides is 2. The van der Waals surface area contributed by atoms with Gasteiger partial charge in [-0.3, -0.25) is 9.59 Å². The summed E-state index contributed by atoms with van der Waals surface area (Å²) in [5.41, 5.74) is 6.13. The molecule has 2 rings (SSSR count). The van der Waals surface area contributed by atoms with Gasteiger partial charge in [0, 0.05) is 23.1 Å². The molecule has 1 fully saturated rings. The van der Waals surface area contributed by atoms with Crippen molar-refractivity contribution in [1.29, 1.82) is 0 Å². The van der Waals surface area contributed by atoms with E-state index in [0.717, 1.165) is 17.4 Å². The summed E-state index contributed by atoms with van der Waals surface area (Å²) >= 11 is 3.31. The van der Waals surface area contributed by atoms with Gasteiger partial charge in [-0.15, -0.1) is 0 Å². The van der Waals surface area contributed by atoms with Crippen molar-refractivity contribution in [3.63, 3.8) is 0 Å². The lowest BCUT2D eigenvalue weighted by atomic mass is 10.1. The van der Waals surface area contributed by atoms with Crippen LogP contribution < -0.4 is 11.1 Å². The van der Waals surface area contributed by atoms with Crippen molar-refractivity contribution in [2.75, 3.05) is 26.2 Å². The molecule has 5 nitrogen and oxygen atoms in total. The van der Waals surface area contributed by atoms with Crippen LogP contribution in [-0.4, -0.2) is 42.9 Å². The Balaban J connectivity index is 1.83. The van der Waals surface area contributed by atoms with E-state index in [2.05, 4.69) is 21.2 Å². The number of rotatable bonds is 4. The van der Waals surface area contributed by atoms with Crippen LogP contribution in [0.1, 0.15) is 16.8 Å². The lowest BCUT2D eigenvalue weighted by molar-refractivity contribution is -0.129. The molecule has 0 bridgehead atoms. The van der Waals surface area contributed by atoms with Crippen LogP contribution in [-0.2, 0) is 4.79 Å². The van der Waals surface area contributed by atoms with Gasteiger partial charge in [-0.25, -0.2) is 0 Å². The van der Waals surface area contributed by atoms with E-state index < -0.39 is 0 Å².